The molecule has 7 heteroatoms. The SMILES string of the molecule is CC(C)(C)OC(=O)CNc1ccc(Br)c(C(F)(F)F)c1. The summed E-state index contributed by atoms with van der Waals surface area (Å²) < 4.78 is 43.1. The van der Waals surface area contributed by atoms with Crippen LogP contribution in [0.2, 0.25) is 0 Å². The monoisotopic (exact) mass is 353 g/mol. The van der Waals surface area contributed by atoms with E-state index >= 15 is 0 Å². The van der Waals surface area contributed by atoms with Crippen molar-refractivity contribution < 1.29 is 22.7 Å². The smallest absolute Gasteiger partial charge is 0.417 e. The lowest BCUT2D eigenvalue weighted by Crippen LogP contribution is -2.28. The van der Waals surface area contributed by atoms with Gasteiger partial charge in [-0.15, -0.1) is 0 Å². The van der Waals surface area contributed by atoms with E-state index in [0.29, 0.717) is 0 Å². The number of carbonyl (C=O) groups is 1. The fourth-order valence-electron chi connectivity index (χ4n) is 1.40. The summed E-state index contributed by atoms with van der Waals surface area (Å²) in [6.07, 6.45) is -4.46. The molecule has 0 heterocycles. The van der Waals surface area contributed by atoms with Crippen LogP contribution in [0.1, 0.15) is 26.3 Å². The minimum absolute atomic E-state index is 0.0483. The molecule has 0 bridgehead atoms. The molecular formula is C13H15BrF3NO2. The van der Waals surface area contributed by atoms with E-state index < -0.39 is 23.3 Å². The average Bonchev–Trinajstić information content (AvgIpc) is 2.24. The maximum absolute atomic E-state index is 12.7. The molecule has 1 N–H and O–H groups in total. The zero-order valence-corrected chi connectivity index (χ0v) is 12.9. The van der Waals surface area contributed by atoms with Gasteiger partial charge in [-0.2, -0.15) is 13.2 Å². The summed E-state index contributed by atoms with van der Waals surface area (Å²) in [5, 5.41) is 2.61. The Morgan fingerprint density at radius 1 is 1.30 bits per heavy atom. The number of carbonyl (C=O) groups excluding carboxylic acids is 1. The first-order chi connectivity index (χ1) is 8.99. The highest BCUT2D eigenvalue weighted by atomic mass is 79.9. The lowest BCUT2D eigenvalue weighted by Gasteiger charge is -2.20. The second kappa shape index (κ2) is 6.03. The molecule has 0 atom stereocenters. The Labute approximate surface area is 123 Å². The quantitative estimate of drug-likeness (QED) is 0.826. The number of nitrogens with one attached hydrogen (secondary N) is 1. The number of anilines is 1. The number of hydrogen-bond donors (Lipinski definition) is 1. The van der Waals surface area contributed by atoms with E-state index in [4.69, 9.17) is 4.74 Å². The standard InChI is InChI=1S/C13H15BrF3NO2/c1-12(2,3)20-11(19)7-18-8-4-5-10(14)9(6-8)13(15,16)17/h4-6,18H,7H2,1-3H3. The van der Waals surface area contributed by atoms with Gasteiger partial charge < -0.3 is 10.1 Å². The van der Waals surface area contributed by atoms with Gasteiger partial charge in [-0.25, -0.2) is 0 Å². The summed E-state index contributed by atoms with van der Waals surface area (Å²) in [7, 11) is 0. The molecule has 1 rings (SSSR count). The molecule has 0 aliphatic heterocycles. The van der Waals surface area contributed by atoms with E-state index in [1.54, 1.807) is 20.8 Å². The zero-order valence-electron chi connectivity index (χ0n) is 11.3. The Morgan fingerprint density at radius 3 is 2.40 bits per heavy atom. The van der Waals surface area contributed by atoms with E-state index in [1.807, 2.05) is 0 Å². The molecule has 0 spiro atoms. The van der Waals surface area contributed by atoms with Gasteiger partial charge in [-0.3, -0.25) is 4.79 Å². The van der Waals surface area contributed by atoms with Crippen molar-refractivity contribution in [2.24, 2.45) is 0 Å². The summed E-state index contributed by atoms with van der Waals surface area (Å²) in [5.74, 6) is -0.533. The van der Waals surface area contributed by atoms with Crippen LogP contribution in [0.5, 0.6) is 0 Å². The van der Waals surface area contributed by atoms with Crippen LogP contribution in [0.4, 0.5) is 18.9 Å². The minimum Gasteiger partial charge on any atom is -0.459 e. The Kier molecular flexibility index (Phi) is 5.07. The van der Waals surface area contributed by atoms with E-state index in [1.165, 1.54) is 12.1 Å². The van der Waals surface area contributed by atoms with Crippen molar-refractivity contribution in [1.82, 2.24) is 0 Å². The number of benzene rings is 1. The Balaban J connectivity index is 2.73. The highest BCUT2D eigenvalue weighted by Crippen LogP contribution is 2.36. The van der Waals surface area contributed by atoms with Crippen LogP contribution in [0.25, 0.3) is 0 Å². The Hall–Kier alpha value is -1.24. The Bertz CT molecular complexity index is 495. The van der Waals surface area contributed by atoms with E-state index in [0.717, 1.165) is 6.07 Å². The molecule has 0 aliphatic carbocycles. The van der Waals surface area contributed by atoms with Crippen LogP contribution < -0.4 is 5.32 Å². The van der Waals surface area contributed by atoms with Crippen LogP contribution in [0, 0.1) is 0 Å². The van der Waals surface area contributed by atoms with Gasteiger partial charge in [0.25, 0.3) is 0 Å². The third-order valence-corrected chi connectivity index (χ3v) is 2.82. The molecule has 20 heavy (non-hydrogen) atoms. The zero-order chi connectivity index (χ0) is 15.6. The summed E-state index contributed by atoms with van der Waals surface area (Å²) in [4.78, 5) is 11.5. The fraction of sp³-hybridized carbons (Fsp3) is 0.462. The summed E-state index contributed by atoms with van der Waals surface area (Å²) in [6, 6.07) is 3.67. The van der Waals surface area contributed by atoms with Gasteiger partial charge in [-0.05, 0) is 39.0 Å². The molecule has 0 unspecified atom stereocenters. The molecule has 0 aliphatic rings. The molecule has 112 valence electrons. The second-order valence-electron chi connectivity index (χ2n) is 5.13. The van der Waals surface area contributed by atoms with Crippen LogP contribution in [0.3, 0.4) is 0 Å². The van der Waals surface area contributed by atoms with Crippen molar-refractivity contribution in [3.05, 3.63) is 28.2 Å². The molecule has 3 nitrogen and oxygen atoms in total. The fourth-order valence-corrected chi connectivity index (χ4v) is 1.88. The number of rotatable bonds is 3. The van der Waals surface area contributed by atoms with Gasteiger partial charge in [0.15, 0.2) is 0 Å². The van der Waals surface area contributed by atoms with E-state index in [9.17, 15) is 18.0 Å². The lowest BCUT2D eigenvalue weighted by molar-refractivity contribution is -0.152. The Morgan fingerprint density at radius 2 is 1.90 bits per heavy atom. The largest absolute Gasteiger partial charge is 0.459 e. The van der Waals surface area contributed by atoms with Crippen molar-refractivity contribution in [3.63, 3.8) is 0 Å². The summed E-state index contributed by atoms with van der Waals surface area (Å²) >= 11 is 2.85. The highest BCUT2D eigenvalue weighted by Gasteiger charge is 2.33. The molecule has 0 saturated carbocycles. The first kappa shape index (κ1) is 16.8. The number of esters is 1. The highest BCUT2D eigenvalue weighted by molar-refractivity contribution is 9.10. The normalized spacial score (nSPS) is 12.2. The van der Waals surface area contributed by atoms with Gasteiger partial charge in [0.2, 0.25) is 0 Å². The maximum atomic E-state index is 12.7. The van der Waals surface area contributed by atoms with Gasteiger partial charge in [-0.1, -0.05) is 15.9 Å². The molecule has 0 saturated heterocycles. The molecule has 1 aromatic rings. The molecule has 0 aromatic heterocycles. The average molecular weight is 354 g/mol. The van der Waals surface area contributed by atoms with Gasteiger partial charge in [0, 0.05) is 10.2 Å². The van der Waals surface area contributed by atoms with Crippen molar-refractivity contribution in [2.45, 2.75) is 32.5 Å². The predicted molar refractivity (Wildman–Crippen MR) is 73.5 cm³/mol. The number of hydrogen-bond acceptors (Lipinski definition) is 3. The summed E-state index contributed by atoms with van der Waals surface area (Å²) in [6.45, 7) is 4.95. The minimum atomic E-state index is -4.46. The molecule has 0 amide bonds. The molecule has 0 fully saturated rings. The van der Waals surface area contributed by atoms with Crippen LogP contribution in [-0.4, -0.2) is 18.1 Å². The topological polar surface area (TPSA) is 38.3 Å². The summed E-state index contributed by atoms with van der Waals surface area (Å²) in [5.41, 5.74) is -1.23. The van der Waals surface area contributed by atoms with E-state index in [-0.39, 0.29) is 16.7 Å². The maximum Gasteiger partial charge on any atom is 0.417 e. The first-order valence-corrected chi connectivity index (χ1v) is 6.61. The van der Waals surface area contributed by atoms with Gasteiger partial charge in [0.1, 0.15) is 12.1 Å². The van der Waals surface area contributed by atoms with Gasteiger partial charge >= 0.3 is 12.1 Å². The lowest BCUT2D eigenvalue weighted by atomic mass is 10.2. The molecule has 0 radical (unpaired) electrons. The van der Waals surface area contributed by atoms with Crippen molar-refractivity contribution in [3.8, 4) is 0 Å². The van der Waals surface area contributed by atoms with Crippen LogP contribution in [0.15, 0.2) is 22.7 Å². The predicted octanol–water partition coefficient (Wildman–Crippen LogP) is 4.22. The van der Waals surface area contributed by atoms with Crippen LogP contribution >= 0.6 is 15.9 Å². The number of halogens is 4. The molecule has 1 aromatic carbocycles. The third kappa shape index (κ3) is 5.40. The molecular weight excluding hydrogens is 339 g/mol. The van der Waals surface area contributed by atoms with Crippen molar-refractivity contribution in [2.75, 3.05) is 11.9 Å². The number of ether oxygens (including phenoxy) is 1. The van der Waals surface area contributed by atoms with E-state index in [2.05, 4.69) is 21.2 Å². The third-order valence-electron chi connectivity index (χ3n) is 2.13. The number of alkyl halides is 3. The van der Waals surface area contributed by atoms with Crippen molar-refractivity contribution >= 4 is 27.6 Å². The van der Waals surface area contributed by atoms with Crippen molar-refractivity contribution in [1.29, 1.82) is 0 Å². The van der Waals surface area contributed by atoms with Crippen LogP contribution in [-0.2, 0) is 15.7 Å². The first-order valence-electron chi connectivity index (χ1n) is 5.81. The second-order valence-corrected chi connectivity index (χ2v) is 5.99. The van der Waals surface area contributed by atoms with Gasteiger partial charge in [0.05, 0.1) is 5.56 Å².